The number of nitrogens with one attached hydrogen (secondary N) is 1. The number of rotatable bonds is 3. The van der Waals surface area contributed by atoms with Gasteiger partial charge in [-0.1, -0.05) is 5.16 Å². The van der Waals surface area contributed by atoms with E-state index < -0.39 is 29.2 Å². The van der Waals surface area contributed by atoms with E-state index in [4.69, 9.17) is 10.9 Å². The second-order valence-corrected chi connectivity index (χ2v) is 3.14. The molecule has 0 bridgehead atoms. The summed E-state index contributed by atoms with van der Waals surface area (Å²) < 4.78 is 38.8. The fraction of sp³-hybridized carbons (Fsp3) is 0.222. The fourth-order valence-electron chi connectivity index (χ4n) is 1.05. The molecule has 0 saturated carbocycles. The van der Waals surface area contributed by atoms with Crippen molar-refractivity contribution in [2.45, 2.75) is 13.0 Å². The van der Waals surface area contributed by atoms with Crippen LogP contribution in [0.1, 0.15) is 6.92 Å². The molecule has 1 atom stereocenters. The first-order valence-corrected chi connectivity index (χ1v) is 4.34. The molecule has 7 heteroatoms. The Bertz CT molecular complexity index is 423. The van der Waals surface area contributed by atoms with E-state index in [0.717, 1.165) is 6.07 Å². The van der Waals surface area contributed by atoms with Gasteiger partial charge in [0.1, 0.15) is 5.82 Å². The Morgan fingerprint density at radius 3 is 2.62 bits per heavy atom. The average Bonchev–Trinajstić information content (AvgIpc) is 2.23. The minimum atomic E-state index is -1.31. The Hall–Kier alpha value is -1.92. The predicted octanol–water partition coefficient (Wildman–Crippen LogP) is 1.65. The molecule has 1 aromatic rings. The number of nitrogens with zero attached hydrogens (tertiary/aromatic N) is 1. The number of halogens is 3. The summed E-state index contributed by atoms with van der Waals surface area (Å²) in [6.45, 7) is 1.44. The van der Waals surface area contributed by atoms with Crippen LogP contribution in [0.3, 0.4) is 0 Å². The van der Waals surface area contributed by atoms with Crippen molar-refractivity contribution in [1.29, 1.82) is 0 Å². The number of anilines is 1. The summed E-state index contributed by atoms with van der Waals surface area (Å²) in [4.78, 5) is 0. The van der Waals surface area contributed by atoms with Crippen LogP contribution < -0.4 is 11.1 Å². The van der Waals surface area contributed by atoms with Crippen LogP contribution >= 0.6 is 0 Å². The van der Waals surface area contributed by atoms with Crippen molar-refractivity contribution in [3.05, 3.63) is 29.6 Å². The topological polar surface area (TPSA) is 70.6 Å². The van der Waals surface area contributed by atoms with Gasteiger partial charge in [-0.3, -0.25) is 0 Å². The molecule has 0 amide bonds. The molecule has 0 fully saturated rings. The van der Waals surface area contributed by atoms with Crippen molar-refractivity contribution in [3.8, 4) is 0 Å². The van der Waals surface area contributed by atoms with Crippen LogP contribution in [0, 0.1) is 17.5 Å². The van der Waals surface area contributed by atoms with Gasteiger partial charge in [-0.05, 0) is 6.92 Å². The standard InChI is InChI=1S/C9H10F3N3O/c1-4(9(13)15-16)14-7-3-5(10)2-6(11)8(7)12/h2-4,14,16H,1H3,(H2,13,15). The highest BCUT2D eigenvalue weighted by Crippen LogP contribution is 2.19. The predicted molar refractivity (Wildman–Crippen MR) is 52.8 cm³/mol. The van der Waals surface area contributed by atoms with E-state index in [1.807, 2.05) is 0 Å². The van der Waals surface area contributed by atoms with Crippen LogP contribution in [0.5, 0.6) is 0 Å². The summed E-state index contributed by atoms with van der Waals surface area (Å²) in [5.74, 6) is -3.69. The van der Waals surface area contributed by atoms with E-state index in [-0.39, 0.29) is 5.84 Å². The SMILES string of the molecule is CC(Nc1cc(F)cc(F)c1F)C(N)=NO. The first-order valence-electron chi connectivity index (χ1n) is 4.34. The Labute approximate surface area is 89.6 Å². The van der Waals surface area contributed by atoms with Gasteiger partial charge in [0.2, 0.25) is 0 Å². The van der Waals surface area contributed by atoms with Crippen LogP contribution in [-0.2, 0) is 0 Å². The highest BCUT2D eigenvalue weighted by atomic mass is 19.2. The lowest BCUT2D eigenvalue weighted by molar-refractivity contribution is 0.316. The Balaban J connectivity index is 2.97. The third-order valence-electron chi connectivity index (χ3n) is 1.92. The largest absolute Gasteiger partial charge is 0.409 e. The summed E-state index contributed by atoms with van der Waals surface area (Å²) in [5.41, 5.74) is 4.83. The zero-order valence-corrected chi connectivity index (χ0v) is 8.34. The van der Waals surface area contributed by atoms with Gasteiger partial charge >= 0.3 is 0 Å². The first kappa shape index (κ1) is 12.2. The summed E-state index contributed by atoms with van der Waals surface area (Å²) >= 11 is 0. The summed E-state index contributed by atoms with van der Waals surface area (Å²) in [6.07, 6.45) is 0. The second kappa shape index (κ2) is 4.73. The lowest BCUT2D eigenvalue weighted by atomic mass is 10.2. The van der Waals surface area contributed by atoms with E-state index in [1.54, 1.807) is 0 Å². The smallest absolute Gasteiger partial charge is 0.182 e. The van der Waals surface area contributed by atoms with Crippen LogP contribution in [0.25, 0.3) is 0 Å². The van der Waals surface area contributed by atoms with Gasteiger partial charge in [0.25, 0.3) is 0 Å². The van der Waals surface area contributed by atoms with E-state index in [2.05, 4.69) is 10.5 Å². The van der Waals surface area contributed by atoms with Crippen molar-refractivity contribution in [1.82, 2.24) is 0 Å². The van der Waals surface area contributed by atoms with Gasteiger partial charge in [0.05, 0.1) is 11.7 Å². The Morgan fingerprint density at radius 2 is 2.06 bits per heavy atom. The van der Waals surface area contributed by atoms with Crippen molar-refractivity contribution >= 4 is 11.5 Å². The third kappa shape index (κ3) is 2.56. The van der Waals surface area contributed by atoms with Crippen molar-refractivity contribution in [2.24, 2.45) is 10.9 Å². The molecular formula is C9H10F3N3O. The van der Waals surface area contributed by atoms with Crippen LogP contribution in [0.2, 0.25) is 0 Å². The third-order valence-corrected chi connectivity index (χ3v) is 1.92. The van der Waals surface area contributed by atoms with E-state index in [9.17, 15) is 13.2 Å². The van der Waals surface area contributed by atoms with Crippen LogP contribution in [0.4, 0.5) is 18.9 Å². The molecule has 1 rings (SSSR count). The van der Waals surface area contributed by atoms with Gasteiger partial charge in [0.15, 0.2) is 17.5 Å². The quantitative estimate of drug-likeness (QED) is 0.244. The molecule has 16 heavy (non-hydrogen) atoms. The molecule has 4 N–H and O–H groups in total. The number of hydrogen-bond donors (Lipinski definition) is 3. The summed E-state index contributed by atoms with van der Waals surface area (Å²) in [7, 11) is 0. The molecule has 1 unspecified atom stereocenters. The number of oxime groups is 1. The van der Waals surface area contributed by atoms with Gasteiger partial charge < -0.3 is 16.3 Å². The minimum absolute atomic E-state index is 0.232. The highest BCUT2D eigenvalue weighted by molar-refractivity contribution is 5.87. The molecule has 88 valence electrons. The number of amidine groups is 1. The maximum Gasteiger partial charge on any atom is 0.182 e. The van der Waals surface area contributed by atoms with E-state index in [1.165, 1.54) is 6.92 Å². The molecule has 1 aromatic carbocycles. The zero-order chi connectivity index (χ0) is 12.3. The van der Waals surface area contributed by atoms with E-state index in [0.29, 0.717) is 6.07 Å². The maximum atomic E-state index is 13.2. The lowest BCUT2D eigenvalue weighted by Gasteiger charge is -2.14. The molecule has 0 spiro atoms. The Kier molecular flexibility index (Phi) is 3.60. The van der Waals surface area contributed by atoms with Crippen molar-refractivity contribution < 1.29 is 18.4 Å². The normalized spacial score (nSPS) is 13.6. The molecule has 0 aliphatic heterocycles. The first-order chi connectivity index (χ1) is 7.45. The van der Waals surface area contributed by atoms with Gasteiger partial charge in [-0.2, -0.15) is 0 Å². The maximum absolute atomic E-state index is 13.2. The van der Waals surface area contributed by atoms with E-state index >= 15 is 0 Å². The number of nitrogens with two attached hydrogens (primary N) is 1. The van der Waals surface area contributed by atoms with Crippen molar-refractivity contribution in [3.63, 3.8) is 0 Å². The lowest BCUT2D eigenvalue weighted by Crippen LogP contribution is -2.33. The fourth-order valence-corrected chi connectivity index (χ4v) is 1.05. The molecule has 0 radical (unpaired) electrons. The monoisotopic (exact) mass is 233 g/mol. The molecule has 0 heterocycles. The minimum Gasteiger partial charge on any atom is -0.409 e. The highest BCUT2D eigenvalue weighted by Gasteiger charge is 2.14. The van der Waals surface area contributed by atoms with Gasteiger partial charge in [0, 0.05) is 12.1 Å². The summed E-state index contributed by atoms with van der Waals surface area (Å²) in [6, 6.07) is 0.439. The van der Waals surface area contributed by atoms with Crippen LogP contribution in [-0.4, -0.2) is 17.1 Å². The number of benzene rings is 1. The molecule has 4 nitrogen and oxygen atoms in total. The molecule has 0 saturated heterocycles. The zero-order valence-electron chi connectivity index (χ0n) is 8.34. The average molecular weight is 233 g/mol. The second-order valence-electron chi connectivity index (χ2n) is 3.14. The summed E-state index contributed by atoms with van der Waals surface area (Å²) in [5, 5.41) is 13.4. The van der Waals surface area contributed by atoms with Crippen molar-refractivity contribution in [2.75, 3.05) is 5.32 Å². The van der Waals surface area contributed by atoms with Crippen LogP contribution in [0.15, 0.2) is 17.3 Å². The molecule has 0 aromatic heterocycles. The Morgan fingerprint density at radius 1 is 1.44 bits per heavy atom. The van der Waals surface area contributed by atoms with Gasteiger partial charge in [-0.15, -0.1) is 0 Å². The number of hydrogen-bond acceptors (Lipinski definition) is 3. The molecule has 0 aliphatic carbocycles. The molecular weight excluding hydrogens is 223 g/mol. The molecule has 0 aliphatic rings. The van der Waals surface area contributed by atoms with Gasteiger partial charge in [-0.25, -0.2) is 13.2 Å².